The maximum Gasteiger partial charge on any atom is 0.225 e. The number of β-amino-alcohol motifs (C(OH)–C–C–N with tert-alkyl or cyclic N) is 1. The minimum atomic E-state index is -0.232. The Hall–Kier alpha value is -0.870. The van der Waals surface area contributed by atoms with Gasteiger partial charge >= 0.3 is 0 Å². The molecule has 5 heteroatoms. The zero-order chi connectivity index (χ0) is 8.55. The number of halogens is 1. The van der Waals surface area contributed by atoms with Crippen molar-refractivity contribution in [3.8, 4) is 0 Å². The summed E-state index contributed by atoms with van der Waals surface area (Å²) in [6, 6.07) is 0. The Bertz CT molecular complexity index is 270. The van der Waals surface area contributed by atoms with Crippen LogP contribution in [-0.2, 0) is 0 Å². The number of aromatic nitrogens is 2. The molecule has 64 valence electrons. The Morgan fingerprint density at radius 3 is 2.50 bits per heavy atom. The summed E-state index contributed by atoms with van der Waals surface area (Å²) in [5.74, 6) is 0.629. The maximum atomic E-state index is 9.01. The van der Waals surface area contributed by atoms with Gasteiger partial charge in [-0.2, -0.15) is 0 Å². The highest BCUT2D eigenvalue weighted by molar-refractivity contribution is 6.30. The SMILES string of the molecule is OC1CN(c2ncc(Cl)cn2)C1. The largest absolute Gasteiger partial charge is 0.389 e. The number of aliphatic hydroxyl groups is 1. The van der Waals surface area contributed by atoms with E-state index in [0.717, 1.165) is 0 Å². The quantitative estimate of drug-likeness (QED) is 0.684. The molecule has 1 aromatic heterocycles. The van der Waals surface area contributed by atoms with E-state index in [4.69, 9.17) is 16.7 Å². The van der Waals surface area contributed by atoms with Crippen LogP contribution >= 0.6 is 11.6 Å². The predicted molar refractivity (Wildman–Crippen MR) is 45.3 cm³/mol. The lowest BCUT2D eigenvalue weighted by molar-refractivity contribution is 0.140. The molecule has 0 bridgehead atoms. The summed E-state index contributed by atoms with van der Waals surface area (Å²) >= 11 is 5.61. The van der Waals surface area contributed by atoms with Crippen LogP contribution in [0.1, 0.15) is 0 Å². The number of aliphatic hydroxyl groups excluding tert-OH is 1. The molecule has 0 radical (unpaired) electrons. The summed E-state index contributed by atoms with van der Waals surface area (Å²) in [6.45, 7) is 1.23. The van der Waals surface area contributed by atoms with Crippen LogP contribution in [0, 0.1) is 0 Å². The monoisotopic (exact) mass is 185 g/mol. The van der Waals surface area contributed by atoms with Gasteiger partial charge in [-0.25, -0.2) is 9.97 Å². The number of anilines is 1. The van der Waals surface area contributed by atoms with Crippen molar-refractivity contribution in [2.24, 2.45) is 0 Å². The van der Waals surface area contributed by atoms with Crippen LogP contribution in [0.4, 0.5) is 5.95 Å². The lowest BCUT2D eigenvalue weighted by Crippen LogP contribution is -2.51. The van der Waals surface area contributed by atoms with E-state index in [9.17, 15) is 0 Å². The fourth-order valence-corrected chi connectivity index (χ4v) is 1.18. The molecule has 1 aromatic rings. The fraction of sp³-hybridized carbons (Fsp3) is 0.429. The molecule has 1 saturated heterocycles. The lowest BCUT2D eigenvalue weighted by atomic mass is 10.2. The van der Waals surface area contributed by atoms with Crippen molar-refractivity contribution in [3.05, 3.63) is 17.4 Å². The smallest absolute Gasteiger partial charge is 0.225 e. The van der Waals surface area contributed by atoms with Gasteiger partial charge in [-0.05, 0) is 0 Å². The molecule has 2 heterocycles. The number of nitrogens with zero attached hydrogens (tertiary/aromatic N) is 3. The summed E-state index contributed by atoms with van der Waals surface area (Å²) in [5.41, 5.74) is 0. The first-order valence-electron chi connectivity index (χ1n) is 3.66. The summed E-state index contributed by atoms with van der Waals surface area (Å²) in [4.78, 5) is 9.90. The molecule has 0 spiro atoms. The van der Waals surface area contributed by atoms with Gasteiger partial charge in [0, 0.05) is 13.1 Å². The van der Waals surface area contributed by atoms with Gasteiger partial charge in [0.2, 0.25) is 5.95 Å². The molecule has 1 aliphatic rings. The maximum absolute atomic E-state index is 9.01. The molecule has 0 atom stereocenters. The van der Waals surface area contributed by atoms with Crippen molar-refractivity contribution in [2.75, 3.05) is 18.0 Å². The van der Waals surface area contributed by atoms with Crippen molar-refractivity contribution in [2.45, 2.75) is 6.10 Å². The van der Waals surface area contributed by atoms with E-state index >= 15 is 0 Å². The Balaban J connectivity index is 2.09. The second-order valence-corrected chi connectivity index (χ2v) is 3.20. The van der Waals surface area contributed by atoms with Gasteiger partial charge in [0.05, 0.1) is 23.5 Å². The van der Waals surface area contributed by atoms with E-state index < -0.39 is 0 Å². The average Bonchev–Trinajstić information content (AvgIpc) is 2.01. The Morgan fingerprint density at radius 1 is 1.42 bits per heavy atom. The van der Waals surface area contributed by atoms with Gasteiger partial charge in [-0.3, -0.25) is 0 Å². The summed E-state index contributed by atoms with van der Waals surface area (Å²) in [6.07, 6.45) is 2.87. The highest BCUT2D eigenvalue weighted by atomic mass is 35.5. The third kappa shape index (κ3) is 1.35. The zero-order valence-corrected chi connectivity index (χ0v) is 7.07. The molecule has 2 rings (SSSR count). The molecular formula is C7H8ClN3O. The second-order valence-electron chi connectivity index (χ2n) is 2.76. The number of hydrogen-bond donors (Lipinski definition) is 1. The number of rotatable bonds is 1. The molecule has 0 unspecified atom stereocenters. The first-order chi connectivity index (χ1) is 5.75. The van der Waals surface area contributed by atoms with E-state index in [1.165, 1.54) is 0 Å². The van der Waals surface area contributed by atoms with E-state index in [1.54, 1.807) is 12.4 Å². The fourth-order valence-electron chi connectivity index (χ4n) is 1.09. The van der Waals surface area contributed by atoms with Crippen molar-refractivity contribution in [3.63, 3.8) is 0 Å². The highest BCUT2D eigenvalue weighted by Gasteiger charge is 2.26. The van der Waals surface area contributed by atoms with E-state index in [1.807, 2.05) is 4.90 Å². The van der Waals surface area contributed by atoms with Gasteiger partial charge in [0.15, 0.2) is 0 Å². The van der Waals surface area contributed by atoms with Crippen molar-refractivity contribution >= 4 is 17.5 Å². The molecular weight excluding hydrogens is 178 g/mol. The first kappa shape index (κ1) is 7.76. The minimum absolute atomic E-state index is 0.232. The van der Waals surface area contributed by atoms with Gasteiger partial charge in [-0.1, -0.05) is 11.6 Å². The van der Waals surface area contributed by atoms with Crippen LogP contribution in [0.2, 0.25) is 5.02 Å². The molecule has 0 aliphatic carbocycles. The summed E-state index contributed by atoms with van der Waals surface area (Å²) < 4.78 is 0. The van der Waals surface area contributed by atoms with Crippen LogP contribution < -0.4 is 4.90 Å². The van der Waals surface area contributed by atoms with Crippen LogP contribution in [0.5, 0.6) is 0 Å². The van der Waals surface area contributed by atoms with Crippen LogP contribution in [0.25, 0.3) is 0 Å². The molecule has 1 aliphatic heterocycles. The van der Waals surface area contributed by atoms with E-state index in [-0.39, 0.29) is 6.10 Å². The van der Waals surface area contributed by atoms with Gasteiger partial charge in [-0.15, -0.1) is 0 Å². The molecule has 4 nitrogen and oxygen atoms in total. The minimum Gasteiger partial charge on any atom is -0.389 e. The highest BCUT2D eigenvalue weighted by Crippen LogP contribution is 2.16. The first-order valence-corrected chi connectivity index (χ1v) is 4.04. The third-order valence-corrected chi connectivity index (χ3v) is 1.95. The summed E-state index contributed by atoms with van der Waals surface area (Å²) in [5, 5.41) is 9.54. The van der Waals surface area contributed by atoms with Crippen molar-refractivity contribution in [1.29, 1.82) is 0 Å². The van der Waals surface area contributed by atoms with Gasteiger partial charge < -0.3 is 10.0 Å². The molecule has 12 heavy (non-hydrogen) atoms. The summed E-state index contributed by atoms with van der Waals surface area (Å²) in [7, 11) is 0. The molecule has 0 amide bonds. The molecule has 1 N–H and O–H groups in total. The van der Waals surface area contributed by atoms with Crippen LogP contribution in [0.15, 0.2) is 12.4 Å². The second kappa shape index (κ2) is 2.88. The predicted octanol–water partition coefficient (Wildman–Crippen LogP) is 0.311. The van der Waals surface area contributed by atoms with Crippen LogP contribution in [0.3, 0.4) is 0 Å². The van der Waals surface area contributed by atoms with E-state index in [2.05, 4.69) is 9.97 Å². The van der Waals surface area contributed by atoms with Crippen molar-refractivity contribution < 1.29 is 5.11 Å². The number of hydrogen-bond acceptors (Lipinski definition) is 4. The Kier molecular flexibility index (Phi) is 1.86. The normalized spacial score (nSPS) is 17.7. The topological polar surface area (TPSA) is 49.2 Å². The zero-order valence-electron chi connectivity index (χ0n) is 6.31. The average molecular weight is 186 g/mol. The van der Waals surface area contributed by atoms with Crippen LogP contribution in [-0.4, -0.2) is 34.3 Å². The molecule has 0 aromatic carbocycles. The Labute approximate surface area is 74.8 Å². The van der Waals surface area contributed by atoms with Crippen molar-refractivity contribution in [1.82, 2.24) is 9.97 Å². The third-order valence-electron chi connectivity index (χ3n) is 1.75. The standard InChI is InChI=1S/C7H8ClN3O/c8-5-1-9-7(10-2-5)11-3-6(12)4-11/h1-2,6,12H,3-4H2. The van der Waals surface area contributed by atoms with Gasteiger partial charge in [0.25, 0.3) is 0 Å². The molecule has 0 saturated carbocycles. The molecule has 1 fully saturated rings. The lowest BCUT2D eigenvalue weighted by Gasteiger charge is -2.35. The van der Waals surface area contributed by atoms with Gasteiger partial charge in [0.1, 0.15) is 0 Å². The Morgan fingerprint density at radius 2 is 2.00 bits per heavy atom. The van der Waals surface area contributed by atoms with E-state index in [0.29, 0.717) is 24.1 Å².